The van der Waals surface area contributed by atoms with E-state index in [-0.39, 0.29) is 17.7 Å². The van der Waals surface area contributed by atoms with E-state index >= 15 is 0 Å². The molecule has 134 valence electrons. The van der Waals surface area contributed by atoms with E-state index < -0.39 is 6.04 Å². The van der Waals surface area contributed by atoms with Gasteiger partial charge in [0.25, 0.3) is 5.91 Å². The summed E-state index contributed by atoms with van der Waals surface area (Å²) in [6.07, 6.45) is 0. The molecular weight excluding hydrogens is 360 g/mol. The predicted molar refractivity (Wildman–Crippen MR) is 100 cm³/mol. The second-order valence-electron chi connectivity index (χ2n) is 5.77. The first-order valence-corrected chi connectivity index (χ1v) is 9.23. The zero-order chi connectivity index (χ0) is 18.2. The number of hydrogen-bond acceptors (Lipinski definition) is 4. The minimum Gasteiger partial charge on any atom is -0.492 e. The highest BCUT2D eigenvalue weighted by Gasteiger charge is 2.24. The molecule has 2 aromatic rings. The van der Waals surface area contributed by atoms with E-state index in [1.54, 1.807) is 36.4 Å². The van der Waals surface area contributed by atoms with Gasteiger partial charge >= 0.3 is 0 Å². The van der Waals surface area contributed by atoms with Crippen molar-refractivity contribution in [3.63, 3.8) is 0 Å². The van der Waals surface area contributed by atoms with Crippen LogP contribution in [0.5, 0.6) is 5.75 Å². The SMILES string of the molecule is CC(C)C(NC(=O)c1cccs1)C(=O)NCCOc1cccc(Cl)c1. The smallest absolute Gasteiger partial charge is 0.262 e. The Labute approximate surface area is 156 Å². The van der Waals surface area contributed by atoms with Crippen LogP contribution in [0, 0.1) is 5.92 Å². The lowest BCUT2D eigenvalue weighted by Crippen LogP contribution is -2.50. The monoisotopic (exact) mass is 380 g/mol. The van der Waals surface area contributed by atoms with Gasteiger partial charge in [0.1, 0.15) is 18.4 Å². The molecule has 0 aliphatic carbocycles. The number of amides is 2. The summed E-state index contributed by atoms with van der Waals surface area (Å²) in [7, 11) is 0. The van der Waals surface area contributed by atoms with Gasteiger partial charge < -0.3 is 15.4 Å². The van der Waals surface area contributed by atoms with E-state index in [0.29, 0.717) is 28.8 Å². The molecule has 2 amide bonds. The molecule has 1 unspecified atom stereocenters. The fraction of sp³-hybridized carbons (Fsp3) is 0.333. The van der Waals surface area contributed by atoms with Crippen LogP contribution in [0.15, 0.2) is 41.8 Å². The first kappa shape index (κ1) is 19.3. The second kappa shape index (κ2) is 9.44. The van der Waals surface area contributed by atoms with Crippen LogP contribution in [0.25, 0.3) is 0 Å². The van der Waals surface area contributed by atoms with Gasteiger partial charge in [0.2, 0.25) is 5.91 Å². The number of hydrogen-bond donors (Lipinski definition) is 2. The predicted octanol–water partition coefficient (Wildman–Crippen LogP) is 3.35. The van der Waals surface area contributed by atoms with Crippen molar-refractivity contribution in [2.24, 2.45) is 5.92 Å². The van der Waals surface area contributed by atoms with Gasteiger partial charge in [-0.05, 0) is 35.6 Å². The Balaban J connectivity index is 1.80. The van der Waals surface area contributed by atoms with Gasteiger partial charge in [0.05, 0.1) is 11.4 Å². The minimum atomic E-state index is -0.597. The maximum atomic E-state index is 12.4. The summed E-state index contributed by atoms with van der Waals surface area (Å²) in [5.74, 6) is 0.152. The van der Waals surface area contributed by atoms with Crippen LogP contribution in [0.3, 0.4) is 0 Å². The molecule has 0 saturated heterocycles. The van der Waals surface area contributed by atoms with Crippen LogP contribution in [0.1, 0.15) is 23.5 Å². The molecule has 0 bridgehead atoms. The zero-order valence-electron chi connectivity index (χ0n) is 14.1. The molecule has 7 heteroatoms. The van der Waals surface area contributed by atoms with E-state index in [9.17, 15) is 9.59 Å². The van der Waals surface area contributed by atoms with Crippen molar-refractivity contribution in [3.05, 3.63) is 51.7 Å². The summed E-state index contributed by atoms with van der Waals surface area (Å²) in [6.45, 7) is 4.43. The Bertz CT molecular complexity index is 704. The van der Waals surface area contributed by atoms with Crippen LogP contribution >= 0.6 is 22.9 Å². The number of ether oxygens (including phenoxy) is 1. The molecule has 1 heterocycles. The lowest BCUT2D eigenvalue weighted by Gasteiger charge is -2.21. The summed E-state index contributed by atoms with van der Waals surface area (Å²) in [5, 5.41) is 8.00. The third kappa shape index (κ3) is 6.07. The topological polar surface area (TPSA) is 67.4 Å². The zero-order valence-corrected chi connectivity index (χ0v) is 15.7. The lowest BCUT2D eigenvalue weighted by atomic mass is 10.0. The van der Waals surface area contributed by atoms with Crippen molar-refractivity contribution in [2.45, 2.75) is 19.9 Å². The minimum absolute atomic E-state index is 0.0299. The van der Waals surface area contributed by atoms with Gasteiger partial charge in [-0.1, -0.05) is 37.6 Å². The van der Waals surface area contributed by atoms with Crippen molar-refractivity contribution in [1.82, 2.24) is 10.6 Å². The molecule has 0 saturated carbocycles. The van der Waals surface area contributed by atoms with Gasteiger partial charge in [-0.15, -0.1) is 11.3 Å². The van der Waals surface area contributed by atoms with Crippen LogP contribution in [-0.4, -0.2) is 31.0 Å². The van der Waals surface area contributed by atoms with E-state index in [1.165, 1.54) is 11.3 Å². The first-order chi connectivity index (χ1) is 12.0. The molecule has 2 N–H and O–H groups in total. The van der Waals surface area contributed by atoms with Crippen molar-refractivity contribution in [2.75, 3.05) is 13.2 Å². The molecule has 5 nitrogen and oxygen atoms in total. The van der Waals surface area contributed by atoms with Crippen LogP contribution in [-0.2, 0) is 4.79 Å². The molecule has 1 aromatic heterocycles. The molecule has 1 atom stereocenters. The van der Waals surface area contributed by atoms with Gasteiger partial charge in [-0.3, -0.25) is 9.59 Å². The number of thiophene rings is 1. The van der Waals surface area contributed by atoms with Crippen molar-refractivity contribution < 1.29 is 14.3 Å². The molecule has 0 spiro atoms. The summed E-state index contributed by atoms with van der Waals surface area (Å²) in [6, 6.07) is 10.0. The molecule has 1 aromatic carbocycles. The Morgan fingerprint density at radius 2 is 2.04 bits per heavy atom. The van der Waals surface area contributed by atoms with Gasteiger partial charge in [0.15, 0.2) is 0 Å². The molecule has 25 heavy (non-hydrogen) atoms. The van der Waals surface area contributed by atoms with Crippen molar-refractivity contribution in [1.29, 1.82) is 0 Å². The Morgan fingerprint density at radius 3 is 2.68 bits per heavy atom. The third-order valence-corrected chi connectivity index (χ3v) is 4.55. The number of halogens is 1. The van der Waals surface area contributed by atoms with E-state index in [1.807, 2.05) is 19.2 Å². The summed E-state index contributed by atoms with van der Waals surface area (Å²) < 4.78 is 5.53. The summed E-state index contributed by atoms with van der Waals surface area (Å²) in [5.41, 5.74) is 0. The maximum absolute atomic E-state index is 12.4. The van der Waals surface area contributed by atoms with Crippen molar-refractivity contribution in [3.8, 4) is 5.75 Å². The van der Waals surface area contributed by atoms with Crippen LogP contribution in [0.2, 0.25) is 5.02 Å². The lowest BCUT2D eigenvalue weighted by molar-refractivity contribution is -0.124. The van der Waals surface area contributed by atoms with E-state index in [0.717, 1.165) is 0 Å². The van der Waals surface area contributed by atoms with Gasteiger partial charge in [0, 0.05) is 5.02 Å². The number of carbonyl (C=O) groups is 2. The van der Waals surface area contributed by atoms with Crippen LogP contribution in [0.4, 0.5) is 0 Å². The van der Waals surface area contributed by atoms with E-state index in [4.69, 9.17) is 16.3 Å². The third-order valence-electron chi connectivity index (χ3n) is 3.45. The molecule has 0 aliphatic heterocycles. The standard InChI is InChI=1S/C18H21ClN2O3S/c1-12(2)16(21-17(22)15-7-4-10-25-15)18(23)20-8-9-24-14-6-3-5-13(19)11-14/h3-7,10-12,16H,8-9H2,1-2H3,(H,20,23)(H,21,22). The Kier molecular flexibility index (Phi) is 7.28. The Hall–Kier alpha value is -2.05. The largest absolute Gasteiger partial charge is 0.492 e. The maximum Gasteiger partial charge on any atom is 0.262 e. The number of rotatable bonds is 8. The number of nitrogens with one attached hydrogen (secondary N) is 2. The molecule has 2 rings (SSSR count). The highest BCUT2D eigenvalue weighted by Crippen LogP contribution is 2.16. The molecule has 0 radical (unpaired) electrons. The number of benzene rings is 1. The van der Waals surface area contributed by atoms with E-state index in [2.05, 4.69) is 10.6 Å². The average molecular weight is 381 g/mol. The highest BCUT2D eigenvalue weighted by molar-refractivity contribution is 7.12. The normalized spacial score (nSPS) is 11.8. The second-order valence-corrected chi connectivity index (χ2v) is 7.15. The Morgan fingerprint density at radius 1 is 1.24 bits per heavy atom. The number of carbonyl (C=O) groups excluding carboxylic acids is 2. The first-order valence-electron chi connectivity index (χ1n) is 7.98. The summed E-state index contributed by atoms with van der Waals surface area (Å²) >= 11 is 7.23. The quantitative estimate of drug-likeness (QED) is 0.690. The molecule has 0 fully saturated rings. The van der Waals surface area contributed by atoms with Crippen molar-refractivity contribution >= 4 is 34.8 Å². The van der Waals surface area contributed by atoms with Crippen LogP contribution < -0.4 is 15.4 Å². The fourth-order valence-electron chi connectivity index (χ4n) is 2.16. The van der Waals surface area contributed by atoms with Gasteiger partial charge in [-0.2, -0.15) is 0 Å². The molecule has 0 aliphatic rings. The highest BCUT2D eigenvalue weighted by atomic mass is 35.5. The fourth-order valence-corrected chi connectivity index (χ4v) is 2.97. The summed E-state index contributed by atoms with van der Waals surface area (Å²) in [4.78, 5) is 25.1. The molecular formula is C18H21ClN2O3S. The van der Waals surface area contributed by atoms with Gasteiger partial charge in [-0.25, -0.2) is 0 Å². The average Bonchev–Trinajstić information content (AvgIpc) is 3.10.